The van der Waals surface area contributed by atoms with Gasteiger partial charge in [-0.05, 0) is 30.2 Å². The molecule has 92 valence electrons. The molecular weight excluding hydrogens is 192 g/mol. The zero-order valence-corrected chi connectivity index (χ0v) is 11.7. The van der Waals surface area contributed by atoms with Crippen LogP contribution in [0.4, 0.5) is 0 Å². The van der Waals surface area contributed by atoms with Crippen molar-refractivity contribution >= 4 is 0 Å². The molecule has 0 aliphatic carbocycles. The molecule has 0 fully saturated rings. The van der Waals surface area contributed by atoms with E-state index in [0.29, 0.717) is 0 Å². The Morgan fingerprint density at radius 2 is 1.56 bits per heavy atom. The van der Waals surface area contributed by atoms with Crippen LogP contribution in [0, 0.1) is 11.8 Å². The number of hydrogen-bond donors (Lipinski definition) is 0. The summed E-state index contributed by atoms with van der Waals surface area (Å²) in [7, 11) is 0. The zero-order valence-electron chi connectivity index (χ0n) is 11.7. The van der Waals surface area contributed by atoms with Crippen molar-refractivity contribution in [1.29, 1.82) is 0 Å². The lowest BCUT2D eigenvalue weighted by molar-refractivity contribution is 0.396. The van der Waals surface area contributed by atoms with Gasteiger partial charge in [0.25, 0.3) is 0 Å². The molecule has 16 heavy (non-hydrogen) atoms. The quantitative estimate of drug-likeness (QED) is 0.629. The molecule has 1 atom stereocenters. The van der Waals surface area contributed by atoms with Crippen LogP contribution in [0.25, 0.3) is 0 Å². The fourth-order valence-corrected chi connectivity index (χ4v) is 2.01. The van der Waals surface area contributed by atoms with Crippen molar-refractivity contribution in [3.63, 3.8) is 0 Å². The Morgan fingerprint density at radius 1 is 1.00 bits per heavy atom. The van der Waals surface area contributed by atoms with Gasteiger partial charge in [-0.15, -0.1) is 0 Å². The summed E-state index contributed by atoms with van der Waals surface area (Å²) in [6, 6.07) is 10.8. The van der Waals surface area contributed by atoms with Gasteiger partial charge in [0.1, 0.15) is 0 Å². The Labute approximate surface area is 102 Å². The van der Waals surface area contributed by atoms with Gasteiger partial charge < -0.3 is 0 Å². The smallest absolute Gasteiger partial charge is 0.0250 e. The van der Waals surface area contributed by atoms with E-state index in [-0.39, 0.29) is 0 Å². The van der Waals surface area contributed by atoms with E-state index >= 15 is 0 Å². The molecule has 0 saturated heterocycles. The first kappa shape index (κ1) is 15.2. The van der Waals surface area contributed by atoms with E-state index < -0.39 is 0 Å². The van der Waals surface area contributed by atoms with Gasteiger partial charge in [0.15, 0.2) is 0 Å². The van der Waals surface area contributed by atoms with Crippen LogP contribution in [0.3, 0.4) is 0 Å². The van der Waals surface area contributed by atoms with E-state index in [2.05, 4.69) is 51.1 Å². The van der Waals surface area contributed by atoms with Crippen molar-refractivity contribution in [2.24, 2.45) is 11.8 Å². The average Bonchev–Trinajstić information content (AvgIpc) is 2.31. The van der Waals surface area contributed by atoms with E-state index in [1.165, 1.54) is 24.8 Å². The molecule has 0 bridgehead atoms. The third-order valence-corrected chi connectivity index (χ3v) is 2.75. The summed E-state index contributed by atoms with van der Waals surface area (Å²) in [5, 5.41) is 0. The van der Waals surface area contributed by atoms with Crippen LogP contribution in [-0.4, -0.2) is 0 Å². The minimum atomic E-state index is 0.823. The highest BCUT2D eigenvalue weighted by atomic mass is 14.1. The van der Waals surface area contributed by atoms with Crippen molar-refractivity contribution in [3.05, 3.63) is 35.9 Å². The second-order valence-corrected chi connectivity index (χ2v) is 4.59. The first-order valence-corrected chi connectivity index (χ1v) is 6.76. The molecule has 0 aromatic heterocycles. The predicted octanol–water partition coefficient (Wildman–Crippen LogP) is 5.33. The molecule has 0 radical (unpaired) electrons. The van der Waals surface area contributed by atoms with Gasteiger partial charge in [-0.25, -0.2) is 0 Å². The van der Waals surface area contributed by atoms with Crippen molar-refractivity contribution in [2.45, 2.75) is 53.9 Å². The standard InChI is InChI=1S/C14H22.C2H6/c1-4-13(10-12(2)3)11-14-8-6-5-7-9-14;1-2/h5-9,12-13H,4,10-11H2,1-3H3;1-2H3. The van der Waals surface area contributed by atoms with Gasteiger partial charge >= 0.3 is 0 Å². The Morgan fingerprint density at radius 3 is 2.00 bits per heavy atom. The monoisotopic (exact) mass is 220 g/mol. The molecule has 1 rings (SSSR count). The van der Waals surface area contributed by atoms with Crippen molar-refractivity contribution in [3.8, 4) is 0 Å². The molecule has 0 N–H and O–H groups in total. The highest BCUT2D eigenvalue weighted by Crippen LogP contribution is 2.19. The van der Waals surface area contributed by atoms with Crippen LogP contribution >= 0.6 is 0 Å². The van der Waals surface area contributed by atoms with Gasteiger partial charge in [0.05, 0.1) is 0 Å². The van der Waals surface area contributed by atoms with E-state index in [1.54, 1.807) is 0 Å². The van der Waals surface area contributed by atoms with E-state index in [0.717, 1.165) is 11.8 Å². The summed E-state index contributed by atoms with van der Waals surface area (Å²) in [5.41, 5.74) is 1.49. The van der Waals surface area contributed by atoms with Crippen molar-refractivity contribution in [2.75, 3.05) is 0 Å². The lowest BCUT2D eigenvalue weighted by Gasteiger charge is -2.16. The summed E-state index contributed by atoms with van der Waals surface area (Å²) >= 11 is 0. The van der Waals surface area contributed by atoms with E-state index in [4.69, 9.17) is 0 Å². The van der Waals surface area contributed by atoms with Crippen LogP contribution < -0.4 is 0 Å². The lowest BCUT2D eigenvalue weighted by atomic mass is 9.89. The molecular formula is C16H28. The van der Waals surface area contributed by atoms with Crippen LogP contribution in [-0.2, 0) is 6.42 Å². The maximum atomic E-state index is 2.31. The fourth-order valence-electron chi connectivity index (χ4n) is 2.01. The summed E-state index contributed by atoms with van der Waals surface area (Å²) in [4.78, 5) is 0. The summed E-state index contributed by atoms with van der Waals surface area (Å²) in [6.07, 6.45) is 3.90. The first-order chi connectivity index (χ1) is 7.72. The molecule has 1 aromatic rings. The molecule has 0 heteroatoms. The van der Waals surface area contributed by atoms with Gasteiger partial charge in [-0.1, -0.05) is 71.4 Å². The summed E-state index contributed by atoms with van der Waals surface area (Å²) in [6.45, 7) is 10.9. The molecule has 0 nitrogen and oxygen atoms in total. The Balaban J connectivity index is 0.00000106. The van der Waals surface area contributed by atoms with Crippen molar-refractivity contribution in [1.82, 2.24) is 0 Å². The summed E-state index contributed by atoms with van der Waals surface area (Å²) < 4.78 is 0. The minimum absolute atomic E-state index is 0.823. The van der Waals surface area contributed by atoms with E-state index in [1.807, 2.05) is 13.8 Å². The highest BCUT2D eigenvalue weighted by Gasteiger charge is 2.09. The second kappa shape index (κ2) is 9.45. The molecule has 0 aliphatic rings. The third-order valence-electron chi connectivity index (χ3n) is 2.75. The van der Waals surface area contributed by atoms with Gasteiger partial charge in [-0.2, -0.15) is 0 Å². The zero-order chi connectivity index (χ0) is 12.4. The van der Waals surface area contributed by atoms with E-state index in [9.17, 15) is 0 Å². The second-order valence-electron chi connectivity index (χ2n) is 4.59. The third kappa shape index (κ3) is 6.66. The maximum absolute atomic E-state index is 2.31. The van der Waals surface area contributed by atoms with Gasteiger partial charge in [0.2, 0.25) is 0 Å². The SMILES string of the molecule is CC.CCC(Cc1ccccc1)CC(C)C. The van der Waals surface area contributed by atoms with Gasteiger partial charge in [0, 0.05) is 0 Å². The number of rotatable bonds is 5. The largest absolute Gasteiger partial charge is 0.0683 e. The number of hydrogen-bond acceptors (Lipinski definition) is 0. The molecule has 0 aliphatic heterocycles. The first-order valence-electron chi connectivity index (χ1n) is 6.76. The van der Waals surface area contributed by atoms with Crippen LogP contribution in [0.15, 0.2) is 30.3 Å². The number of benzene rings is 1. The fraction of sp³-hybridized carbons (Fsp3) is 0.625. The molecule has 0 spiro atoms. The Bertz CT molecular complexity index is 235. The molecule has 0 amide bonds. The Hall–Kier alpha value is -0.780. The van der Waals surface area contributed by atoms with Gasteiger partial charge in [-0.3, -0.25) is 0 Å². The molecule has 0 heterocycles. The van der Waals surface area contributed by atoms with Crippen LogP contribution in [0.1, 0.15) is 53.0 Å². The van der Waals surface area contributed by atoms with Crippen LogP contribution in [0.5, 0.6) is 0 Å². The normalized spacial score (nSPS) is 11.9. The molecule has 1 aromatic carbocycles. The molecule has 1 unspecified atom stereocenters. The van der Waals surface area contributed by atoms with Crippen molar-refractivity contribution < 1.29 is 0 Å². The van der Waals surface area contributed by atoms with Crippen LogP contribution in [0.2, 0.25) is 0 Å². The Kier molecular flexibility index (Phi) is 8.99. The minimum Gasteiger partial charge on any atom is -0.0683 e. The average molecular weight is 220 g/mol. The predicted molar refractivity (Wildman–Crippen MR) is 74.7 cm³/mol. The topological polar surface area (TPSA) is 0 Å². The lowest BCUT2D eigenvalue weighted by Crippen LogP contribution is -2.06. The maximum Gasteiger partial charge on any atom is -0.0250 e. The highest BCUT2D eigenvalue weighted by molar-refractivity contribution is 5.15. The summed E-state index contributed by atoms with van der Waals surface area (Å²) in [5.74, 6) is 1.68. The molecule has 0 saturated carbocycles.